The predicted octanol–water partition coefficient (Wildman–Crippen LogP) is 1.01. The second-order valence-electron chi connectivity index (χ2n) is 4.58. The Labute approximate surface area is 128 Å². The third-order valence-corrected chi connectivity index (χ3v) is 4.32. The third-order valence-electron chi connectivity index (χ3n) is 3.18. The molecule has 2 aromatic heterocycles. The van der Waals surface area contributed by atoms with E-state index < -0.39 is 0 Å². The molecule has 21 heavy (non-hydrogen) atoms. The number of aliphatic imine (C=N–C) groups is 1. The number of thiazole rings is 1. The summed E-state index contributed by atoms with van der Waals surface area (Å²) in [4.78, 5) is 9.87. The Hall–Kier alpha value is -1.96. The number of hydrogen-bond acceptors (Lipinski definition) is 5. The normalized spacial score (nSPS) is 11.7. The summed E-state index contributed by atoms with van der Waals surface area (Å²) in [5.74, 6) is 2.49. The predicted molar refractivity (Wildman–Crippen MR) is 84.3 cm³/mol. The van der Waals surface area contributed by atoms with Crippen molar-refractivity contribution in [3.8, 4) is 0 Å². The minimum absolute atomic E-state index is 0.578. The highest BCUT2D eigenvalue weighted by molar-refractivity contribution is 7.11. The average molecular weight is 307 g/mol. The quantitative estimate of drug-likeness (QED) is 0.636. The molecule has 114 valence electrons. The van der Waals surface area contributed by atoms with Crippen LogP contribution < -0.4 is 10.6 Å². The van der Waals surface area contributed by atoms with E-state index in [9.17, 15) is 0 Å². The summed E-state index contributed by atoms with van der Waals surface area (Å²) in [6, 6.07) is 0. The molecule has 8 heteroatoms. The van der Waals surface area contributed by atoms with Gasteiger partial charge in [0.1, 0.15) is 10.8 Å². The molecule has 0 saturated carbocycles. The van der Waals surface area contributed by atoms with E-state index in [-0.39, 0.29) is 0 Å². The van der Waals surface area contributed by atoms with Gasteiger partial charge >= 0.3 is 0 Å². The highest BCUT2D eigenvalue weighted by atomic mass is 32.1. The molecule has 0 bridgehead atoms. The molecule has 0 unspecified atom stereocenters. The lowest BCUT2D eigenvalue weighted by atomic mass is 10.4. The zero-order valence-electron chi connectivity index (χ0n) is 12.8. The molecule has 2 heterocycles. The molecular formula is C13H21N7S. The van der Waals surface area contributed by atoms with Crippen molar-refractivity contribution in [1.29, 1.82) is 0 Å². The van der Waals surface area contributed by atoms with Gasteiger partial charge in [-0.3, -0.25) is 4.99 Å². The van der Waals surface area contributed by atoms with E-state index in [1.807, 2.05) is 24.7 Å². The van der Waals surface area contributed by atoms with Crippen LogP contribution in [-0.4, -0.2) is 32.8 Å². The first-order valence-electron chi connectivity index (χ1n) is 6.87. The van der Waals surface area contributed by atoms with Gasteiger partial charge in [0.15, 0.2) is 11.8 Å². The summed E-state index contributed by atoms with van der Waals surface area (Å²) in [6.45, 7) is 5.31. The second-order valence-corrected chi connectivity index (χ2v) is 5.78. The van der Waals surface area contributed by atoms with Crippen molar-refractivity contribution in [1.82, 2.24) is 30.4 Å². The van der Waals surface area contributed by atoms with Crippen LogP contribution in [0.15, 0.2) is 11.2 Å². The van der Waals surface area contributed by atoms with Crippen molar-refractivity contribution in [2.24, 2.45) is 12.0 Å². The highest BCUT2D eigenvalue weighted by Gasteiger charge is 2.06. The molecule has 0 aliphatic carbocycles. The molecule has 2 N–H and O–H groups in total. The van der Waals surface area contributed by atoms with Crippen LogP contribution in [0.4, 0.5) is 0 Å². The molecule has 0 saturated heterocycles. The molecule has 0 atom stereocenters. The number of hydrogen-bond donors (Lipinski definition) is 2. The summed E-state index contributed by atoms with van der Waals surface area (Å²) in [5, 5.41) is 15.7. The third kappa shape index (κ3) is 4.01. The number of guanidine groups is 1. The fourth-order valence-electron chi connectivity index (χ4n) is 1.74. The molecule has 0 spiro atoms. The van der Waals surface area contributed by atoms with Gasteiger partial charge in [0.25, 0.3) is 0 Å². The van der Waals surface area contributed by atoms with Crippen LogP contribution >= 0.6 is 11.3 Å². The van der Waals surface area contributed by atoms with Crippen LogP contribution in [0.25, 0.3) is 0 Å². The van der Waals surface area contributed by atoms with Gasteiger partial charge < -0.3 is 15.2 Å². The number of rotatable bonds is 5. The van der Waals surface area contributed by atoms with Crippen LogP contribution in [0.3, 0.4) is 0 Å². The average Bonchev–Trinajstić information content (AvgIpc) is 3.08. The van der Waals surface area contributed by atoms with E-state index in [4.69, 9.17) is 0 Å². The lowest BCUT2D eigenvalue weighted by molar-refractivity contribution is 0.717. The van der Waals surface area contributed by atoms with Crippen molar-refractivity contribution in [3.63, 3.8) is 0 Å². The molecule has 0 aromatic carbocycles. The van der Waals surface area contributed by atoms with Gasteiger partial charge in [-0.2, -0.15) is 0 Å². The molecule has 0 radical (unpaired) electrons. The van der Waals surface area contributed by atoms with E-state index in [0.29, 0.717) is 13.1 Å². The van der Waals surface area contributed by atoms with Crippen molar-refractivity contribution < 1.29 is 0 Å². The molecule has 2 aromatic rings. The van der Waals surface area contributed by atoms with Crippen LogP contribution in [-0.2, 0) is 26.6 Å². The summed E-state index contributed by atoms with van der Waals surface area (Å²) in [7, 11) is 3.70. The van der Waals surface area contributed by atoms with Gasteiger partial charge in [0.2, 0.25) is 0 Å². The summed E-state index contributed by atoms with van der Waals surface area (Å²) < 4.78 is 1.95. The fourth-order valence-corrected chi connectivity index (χ4v) is 2.54. The Balaban J connectivity index is 1.85. The first-order chi connectivity index (χ1) is 10.1. The maximum atomic E-state index is 4.38. The van der Waals surface area contributed by atoms with Crippen molar-refractivity contribution in [3.05, 3.63) is 27.7 Å². The van der Waals surface area contributed by atoms with E-state index >= 15 is 0 Å². The fraction of sp³-hybridized carbons (Fsp3) is 0.538. The Kier molecular flexibility index (Phi) is 5.26. The lowest BCUT2D eigenvalue weighted by Gasteiger charge is -2.10. The summed E-state index contributed by atoms with van der Waals surface area (Å²) >= 11 is 1.72. The molecule has 0 aliphatic heterocycles. The SMILES string of the molecule is CCc1cnc(CNC(=NC)NCc2nnc(C)n2C)s1. The maximum absolute atomic E-state index is 4.38. The van der Waals surface area contributed by atoms with Crippen molar-refractivity contribution >= 4 is 17.3 Å². The summed E-state index contributed by atoms with van der Waals surface area (Å²) in [5.41, 5.74) is 0. The van der Waals surface area contributed by atoms with E-state index in [0.717, 1.165) is 29.0 Å². The van der Waals surface area contributed by atoms with E-state index in [2.05, 4.69) is 37.7 Å². The highest BCUT2D eigenvalue weighted by Crippen LogP contribution is 2.12. The minimum Gasteiger partial charge on any atom is -0.350 e. The zero-order chi connectivity index (χ0) is 15.2. The topological polar surface area (TPSA) is 80.0 Å². The van der Waals surface area contributed by atoms with Crippen LogP contribution in [0.5, 0.6) is 0 Å². The molecular weight excluding hydrogens is 286 g/mol. The number of nitrogens with zero attached hydrogens (tertiary/aromatic N) is 5. The molecule has 0 aliphatic rings. The van der Waals surface area contributed by atoms with Crippen LogP contribution in [0, 0.1) is 6.92 Å². The first-order valence-corrected chi connectivity index (χ1v) is 7.68. The zero-order valence-corrected chi connectivity index (χ0v) is 13.7. The second kappa shape index (κ2) is 7.16. The van der Waals surface area contributed by atoms with Gasteiger partial charge in [-0.15, -0.1) is 21.5 Å². The molecule has 0 amide bonds. The smallest absolute Gasteiger partial charge is 0.191 e. The Morgan fingerprint density at radius 1 is 1.33 bits per heavy atom. The van der Waals surface area contributed by atoms with Gasteiger partial charge in [0, 0.05) is 25.2 Å². The molecule has 2 rings (SSSR count). The van der Waals surface area contributed by atoms with Crippen molar-refractivity contribution in [2.75, 3.05) is 7.05 Å². The Morgan fingerprint density at radius 2 is 2.10 bits per heavy atom. The van der Waals surface area contributed by atoms with E-state index in [1.54, 1.807) is 18.4 Å². The van der Waals surface area contributed by atoms with Crippen molar-refractivity contribution in [2.45, 2.75) is 33.4 Å². The Morgan fingerprint density at radius 3 is 2.67 bits per heavy atom. The number of nitrogens with one attached hydrogen (secondary N) is 2. The molecule has 7 nitrogen and oxygen atoms in total. The van der Waals surface area contributed by atoms with Crippen LogP contribution in [0.1, 0.15) is 28.5 Å². The minimum atomic E-state index is 0.578. The van der Waals surface area contributed by atoms with Gasteiger partial charge in [0.05, 0.1) is 13.1 Å². The number of aryl methyl sites for hydroxylation is 2. The number of aromatic nitrogens is 4. The van der Waals surface area contributed by atoms with Gasteiger partial charge in [-0.25, -0.2) is 4.98 Å². The standard InChI is InChI=1S/C13H21N7S/c1-5-10-6-15-12(21-10)8-17-13(14-3)16-7-11-19-18-9(2)20(11)4/h6H,5,7-8H2,1-4H3,(H2,14,16,17). The Bertz CT molecular complexity index is 614. The van der Waals surface area contributed by atoms with Gasteiger partial charge in [-0.1, -0.05) is 6.92 Å². The molecule has 0 fully saturated rings. The monoisotopic (exact) mass is 307 g/mol. The maximum Gasteiger partial charge on any atom is 0.191 e. The first kappa shape index (κ1) is 15.4. The lowest BCUT2D eigenvalue weighted by Crippen LogP contribution is -2.36. The van der Waals surface area contributed by atoms with Gasteiger partial charge in [-0.05, 0) is 13.3 Å². The van der Waals surface area contributed by atoms with E-state index in [1.165, 1.54) is 4.88 Å². The summed E-state index contributed by atoms with van der Waals surface area (Å²) in [6.07, 6.45) is 2.95. The largest absolute Gasteiger partial charge is 0.350 e. The van der Waals surface area contributed by atoms with Crippen LogP contribution in [0.2, 0.25) is 0 Å².